The van der Waals surface area contributed by atoms with Crippen molar-refractivity contribution in [1.29, 1.82) is 0 Å². The number of aliphatic hydroxyl groups is 1. The molecule has 1 fully saturated rings. The minimum absolute atomic E-state index is 0.203. The number of nitrogens with zero attached hydrogens (tertiary/aromatic N) is 5. The maximum atomic E-state index is 13.3. The Morgan fingerprint density at radius 1 is 0.914 bits per heavy atom. The summed E-state index contributed by atoms with van der Waals surface area (Å²) in [5.41, 5.74) is 2.87. The summed E-state index contributed by atoms with van der Waals surface area (Å²) in [7, 11) is 0. The molecule has 8 nitrogen and oxygen atoms in total. The number of unbranched alkanes of at least 4 members (excludes halogenated alkanes) is 2. The van der Waals surface area contributed by atoms with Gasteiger partial charge in [0, 0.05) is 55.7 Å². The average Bonchev–Trinajstić information content (AvgIpc) is 2.86. The van der Waals surface area contributed by atoms with Gasteiger partial charge in [0.2, 0.25) is 17.8 Å². The molecule has 3 aromatic rings. The van der Waals surface area contributed by atoms with Crippen molar-refractivity contribution < 1.29 is 9.50 Å². The van der Waals surface area contributed by atoms with Crippen LogP contribution in [0.2, 0.25) is 5.02 Å². The van der Waals surface area contributed by atoms with Gasteiger partial charge in [0.15, 0.2) is 0 Å². The van der Waals surface area contributed by atoms with Crippen molar-refractivity contribution >= 4 is 40.8 Å². The smallest absolute Gasteiger partial charge is 0.233 e. The summed E-state index contributed by atoms with van der Waals surface area (Å²) in [5, 5.41) is 16.3. The Morgan fingerprint density at radius 3 is 2.34 bits per heavy atom. The first-order chi connectivity index (χ1) is 17.0. The van der Waals surface area contributed by atoms with Gasteiger partial charge in [-0.25, -0.2) is 4.39 Å². The number of halogens is 2. The summed E-state index contributed by atoms with van der Waals surface area (Å²) in [6, 6.07) is 12.2. The number of hydrogen-bond acceptors (Lipinski definition) is 8. The van der Waals surface area contributed by atoms with E-state index in [4.69, 9.17) is 21.7 Å². The third kappa shape index (κ3) is 6.93. The quantitative estimate of drug-likeness (QED) is 0.348. The number of hydrogen-bond donors (Lipinski definition) is 3. The van der Waals surface area contributed by atoms with E-state index in [-0.39, 0.29) is 12.4 Å². The summed E-state index contributed by atoms with van der Waals surface area (Å²) >= 11 is 6.11. The molecule has 0 atom stereocenters. The fraction of sp³-hybridized carbons (Fsp3) is 0.400. The van der Waals surface area contributed by atoms with E-state index in [1.54, 1.807) is 0 Å². The van der Waals surface area contributed by atoms with Crippen molar-refractivity contribution in [2.45, 2.75) is 26.2 Å². The maximum absolute atomic E-state index is 13.3. The van der Waals surface area contributed by atoms with E-state index in [9.17, 15) is 4.39 Å². The van der Waals surface area contributed by atoms with Gasteiger partial charge in [0.25, 0.3) is 0 Å². The van der Waals surface area contributed by atoms with Crippen LogP contribution in [0.4, 0.5) is 33.6 Å². The Morgan fingerprint density at radius 2 is 1.63 bits per heavy atom. The van der Waals surface area contributed by atoms with E-state index < -0.39 is 0 Å². The topological polar surface area (TPSA) is 89.4 Å². The van der Waals surface area contributed by atoms with Crippen molar-refractivity contribution in [1.82, 2.24) is 15.0 Å². The first kappa shape index (κ1) is 24.9. The SMILES string of the molecule is Cc1cc(Cl)ccc1Nc1nc(NCCCCCO)nc(N2CCN(c3ccc(F)cc3)CC2)n1. The average molecular weight is 500 g/mol. The second-order valence-corrected chi connectivity index (χ2v) is 8.96. The molecule has 0 amide bonds. The molecule has 0 bridgehead atoms. The second-order valence-electron chi connectivity index (χ2n) is 8.53. The van der Waals surface area contributed by atoms with Crippen LogP contribution in [0.25, 0.3) is 0 Å². The Hall–Kier alpha value is -3.17. The zero-order valence-electron chi connectivity index (χ0n) is 19.8. The largest absolute Gasteiger partial charge is 0.396 e. The molecule has 2 aromatic carbocycles. The molecular weight excluding hydrogens is 469 g/mol. The second kappa shape index (κ2) is 12.0. The maximum Gasteiger partial charge on any atom is 0.233 e. The molecule has 3 N–H and O–H groups in total. The molecule has 10 heteroatoms. The molecule has 0 saturated carbocycles. The molecule has 1 saturated heterocycles. The summed E-state index contributed by atoms with van der Waals surface area (Å²) in [6.45, 7) is 5.91. The van der Waals surface area contributed by atoms with Crippen LogP contribution >= 0.6 is 11.6 Å². The summed E-state index contributed by atoms with van der Waals surface area (Å²) in [4.78, 5) is 18.3. The molecule has 4 rings (SSSR count). The summed E-state index contributed by atoms with van der Waals surface area (Å²) in [5.74, 6) is 1.34. The van der Waals surface area contributed by atoms with Crippen LogP contribution in [0.1, 0.15) is 24.8 Å². The molecule has 0 radical (unpaired) electrons. The molecule has 35 heavy (non-hydrogen) atoms. The number of aliphatic hydroxyl groups excluding tert-OH is 1. The summed E-state index contributed by atoms with van der Waals surface area (Å²) in [6.07, 6.45) is 2.63. The van der Waals surface area contributed by atoms with Gasteiger partial charge in [0.1, 0.15) is 5.82 Å². The lowest BCUT2D eigenvalue weighted by Crippen LogP contribution is -2.47. The van der Waals surface area contributed by atoms with Crippen LogP contribution in [-0.4, -0.2) is 59.4 Å². The minimum atomic E-state index is -0.232. The van der Waals surface area contributed by atoms with Gasteiger partial charge >= 0.3 is 0 Å². The van der Waals surface area contributed by atoms with Crippen molar-refractivity contribution in [3.8, 4) is 0 Å². The zero-order valence-corrected chi connectivity index (χ0v) is 20.6. The third-order valence-electron chi connectivity index (χ3n) is 5.93. The number of aryl methyl sites for hydroxylation is 1. The molecule has 0 spiro atoms. The van der Waals surface area contributed by atoms with Gasteiger partial charge in [0.05, 0.1) is 0 Å². The number of nitrogens with one attached hydrogen (secondary N) is 2. The lowest BCUT2D eigenvalue weighted by Gasteiger charge is -2.36. The highest BCUT2D eigenvalue weighted by Gasteiger charge is 2.21. The summed E-state index contributed by atoms with van der Waals surface area (Å²) < 4.78 is 13.3. The van der Waals surface area contributed by atoms with Crippen LogP contribution in [0.3, 0.4) is 0 Å². The molecule has 1 aliphatic rings. The van der Waals surface area contributed by atoms with E-state index in [1.165, 1.54) is 12.1 Å². The van der Waals surface area contributed by atoms with Crippen LogP contribution in [0, 0.1) is 12.7 Å². The Kier molecular flexibility index (Phi) is 8.54. The fourth-order valence-corrected chi connectivity index (χ4v) is 4.19. The number of benzene rings is 2. The Labute approximate surface area is 210 Å². The molecule has 186 valence electrons. The number of aromatic nitrogens is 3. The van der Waals surface area contributed by atoms with Crippen molar-refractivity contribution in [3.63, 3.8) is 0 Å². The Balaban J connectivity index is 1.49. The van der Waals surface area contributed by atoms with Gasteiger partial charge in [-0.3, -0.25) is 0 Å². The first-order valence-corrected chi connectivity index (χ1v) is 12.3. The first-order valence-electron chi connectivity index (χ1n) is 11.9. The van der Waals surface area contributed by atoms with E-state index >= 15 is 0 Å². The van der Waals surface area contributed by atoms with Gasteiger partial charge in [-0.15, -0.1) is 0 Å². The van der Waals surface area contributed by atoms with Crippen LogP contribution in [0.5, 0.6) is 0 Å². The van der Waals surface area contributed by atoms with Gasteiger partial charge in [-0.2, -0.15) is 15.0 Å². The minimum Gasteiger partial charge on any atom is -0.396 e. The van der Waals surface area contributed by atoms with Gasteiger partial charge < -0.3 is 25.5 Å². The van der Waals surface area contributed by atoms with Crippen LogP contribution < -0.4 is 20.4 Å². The van der Waals surface area contributed by atoms with E-state index in [2.05, 4.69) is 30.4 Å². The van der Waals surface area contributed by atoms with Gasteiger partial charge in [-0.05, 0) is 74.2 Å². The number of anilines is 5. The van der Waals surface area contributed by atoms with Crippen molar-refractivity contribution in [2.24, 2.45) is 0 Å². The lowest BCUT2D eigenvalue weighted by atomic mass is 10.2. The van der Waals surface area contributed by atoms with Crippen LogP contribution in [-0.2, 0) is 0 Å². The molecule has 1 aliphatic heterocycles. The molecule has 0 unspecified atom stereocenters. The van der Waals surface area contributed by atoms with Crippen LogP contribution in [0.15, 0.2) is 42.5 Å². The van der Waals surface area contributed by atoms with Crippen molar-refractivity contribution in [3.05, 3.63) is 58.9 Å². The number of piperazine rings is 1. The number of rotatable bonds is 10. The standard InChI is InChI=1S/C25H31ClFN7O/c1-18-17-19(26)5-10-22(18)29-24-30-23(28-11-3-2-4-16-35)31-25(32-24)34-14-12-33(13-15-34)21-8-6-20(27)7-9-21/h5-10,17,35H,2-4,11-16H2,1H3,(H2,28,29,30,31,32). The predicted octanol–water partition coefficient (Wildman–Crippen LogP) is 4.62. The highest BCUT2D eigenvalue weighted by Crippen LogP contribution is 2.25. The van der Waals surface area contributed by atoms with E-state index in [0.717, 1.165) is 62.4 Å². The monoisotopic (exact) mass is 499 g/mol. The molecule has 0 aliphatic carbocycles. The van der Waals surface area contributed by atoms with E-state index in [1.807, 2.05) is 37.3 Å². The molecule has 1 aromatic heterocycles. The van der Waals surface area contributed by atoms with Crippen molar-refractivity contribution in [2.75, 3.05) is 59.8 Å². The lowest BCUT2D eigenvalue weighted by molar-refractivity contribution is 0.283. The highest BCUT2D eigenvalue weighted by molar-refractivity contribution is 6.30. The molecule has 2 heterocycles. The zero-order chi connectivity index (χ0) is 24.6. The van der Waals surface area contributed by atoms with Gasteiger partial charge in [-0.1, -0.05) is 11.6 Å². The third-order valence-corrected chi connectivity index (χ3v) is 6.17. The van der Waals surface area contributed by atoms with E-state index in [0.29, 0.717) is 29.4 Å². The normalized spacial score (nSPS) is 13.7. The molecular formula is C25H31ClFN7O. The highest BCUT2D eigenvalue weighted by atomic mass is 35.5. The predicted molar refractivity (Wildman–Crippen MR) is 140 cm³/mol. The fourth-order valence-electron chi connectivity index (χ4n) is 3.96. The Bertz CT molecular complexity index is 1110.